The lowest BCUT2D eigenvalue weighted by molar-refractivity contribution is 0.0962. The Morgan fingerprint density at radius 1 is 1.30 bits per heavy atom. The molecule has 0 amide bonds. The summed E-state index contributed by atoms with van der Waals surface area (Å²) >= 11 is 7.52. The van der Waals surface area contributed by atoms with Gasteiger partial charge in [0.2, 0.25) is 0 Å². The molecule has 0 bridgehead atoms. The van der Waals surface area contributed by atoms with Crippen LogP contribution in [0.15, 0.2) is 29.6 Å². The number of hydrogen-bond donors (Lipinski definition) is 0. The summed E-state index contributed by atoms with van der Waals surface area (Å²) < 4.78 is 9.88. The minimum atomic E-state index is 0.250. The second-order valence-electron chi connectivity index (χ2n) is 4.92. The van der Waals surface area contributed by atoms with Crippen molar-refractivity contribution in [1.29, 1.82) is 0 Å². The summed E-state index contributed by atoms with van der Waals surface area (Å²) in [6.45, 7) is 2.93. The Kier molecular flexibility index (Phi) is 4.50. The first-order valence-electron chi connectivity index (χ1n) is 6.71. The highest BCUT2D eigenvalue weighted by molar-refractivity contribution is 7.03. The number of para-hydroxylation sites is 1. The Labute approximate surface area is 127 Å². The Morgan fingerprint density at radius 2 is 2.10 bits per heavy atom. The fraction of sp³-hybridized carbons (Fsp3) is 0.429. The van der Waals surface area contributed by atoms with Crippen molar-refractivity contribution in [3.8, 4) is 5.75 Å². The molecule has 20 heavy (non-hydrogen) atoms. The predicted octanol–water partition coefficient (Wildman–Crippen LogP) is 3.23. The minimum Gasteiger partial charge on any atom is -0.489 e. The van der Waals surface area contributed by atoms with Gasteiger partial charge >= 0.3 is 0 Å². The average molecular weight is 310 g/mol. The summed E-state index contributed by atoms with van der Waals surface area (Å²) in [7, 11) is 0. The molecule has 0 radical (unpaired) electrons. The normalized spacial score (nSPS) is 17.2. The molecule has 1 aromatic carbocycles. The second-order valence-corrected chi connectivity index (χ2v) is 5.94. The molecule has 0 saturated carbocycles. The molecule has 1 fully saturated rings. The summed E-state index contributed by atoms with van der Waals surface area (Å²) in [4.78, 5) is 2.39. The molecule has 2 aromatic rings. The maximum Gasteiger partial charge on any atom is 0.138 e. The van der Waals surface area contributed by atoms with Crippen molar-refractivity contribution in [2.75, 3.05) is 13.1 Å². The van der Waals surface area contributed by atoms with Crippen molar-refractivity contribution >= 4 is 23.1 Å². The summed E-state index contributed by atoms with van der Waals surface area (Å²) in [5, 5.41) is 6.78. The minimum absolute atomic E-state index is 0.250. The third-order valence-corrected chi connectivity index (χ3v) is 4.32. The van der Waals surface area contributed by atoms with Crippen molar-refractivity contribution in [2.24, 2.45) is 0 Å². The molecule has 106 valence electrons. The Morgan fingerprint density at radius 3 is 2.80 bits per heavy atom. The maximum atomic E-state index is 6.12. The van der Waals surface area contributed by atoms with E-state index in [1.807, 2.05) is 29.6 Å². The molecule has 1 aromatic heterocycles. The van der Waals surface area contributed by atoms with Gasteiger partial charge in [0.15, 0.2) is 0 Å². The van der Waals surface area contributed by atoms with Crippen LogP contribution in [-0.2, 0) is 6.54 Å². The van der Waals surface area contributed by atoms with Crippen LogP contribution >= 0.6 is 23.1 Å². The van der Waals surface area contributed by atoms with Crippen molar-refractivity contribution in [2.45, 2.75) is 25.5 Å². The maximum absolute atomic E-state index is 6.12. The quantitative estimate of drug-likeness (QED) is 0.869. The molecule has 2 heterocycles. The number of hydrogen-bond acceptors (Lipinski definition) is 5. The van der Waals surface area contributed by atoms with Gasteiger partial charge in [-0.3, -0.25) is 4.90 Å². The Bertz CT molecular complexity index is 541. The molecule has 1 aliphatic heterocycles. The molecule has 1 aliphatic rings. The van der Waals surface area contributed by atoms with Crippen LogP contribution in [0.5, 0.6) is 5.75 Å². The number of likely N-dealkylation sites (tertiary alicyclic amines) is 1. The van der Waals surface area contributed by atoms with Crippen molar-refractivity contribution in [3.05, 3.63) is 40.4 Å². The van der Waals surface area contributed by atoms with Crippen LogP contribution in [0.1, 0.15) is 18.5 Å². The van der Waals surface area contributed by atoms with E-state index in [0.29, 0.717) is 5.02 Å². The van der Waals surface area contributed by atoms with E-state index in [0.717, 1.165) is 43.9 Å². The van der Waals surface area contributed by atoms with Gasteiger partial charge in [-0.25, -0.2) is 0 Å². The first kappa shape index (κ1) is 13.8. The molecule has 0 aliphatic carbocycles. The molecule has 0 spiro atoms. The second kappa shape index (κ2) is 6.52. The number of piperidine rings is 1. The van der Waals surface area contributed by atoms with E-state index in [-0.39, 0.29) is 6.10 Å². The van der Waals surface area contributed by atoms with E-state index in [1.54, 1.807) is 0 Å². The van der Waals surface area contributed by atoms with Gasteiger partial charge in [-0.15, -0.1) is 5.10 Å². The van der Waals surface area contributed by atoms with Crippen molar-refractivity contribution in [3.63, 3.8) is 0 Å². The van der Waals surface area contributed by atoms with Gasteiger partial charge in [0.05, 0.1) is 10.7 Å². The van der Waals surface area contributed by atoms with Crippen LogP contribution < -0.4 is 4.74 Å². The molecule has 3 rings (SSSR count). The highest BCUT2D eigenvalue weighted by Gasteiger charge is 2.21. The smallest absolute Gasteiger partial charge is 0.138 e. The van der Waals surface area contributed by atoms with E-state index < -0.39 is 0 Å². The first-order valence-corrected chi connectivity index (χ1v) is 7.92. The molecule has 4 nitrogen and oxygen atoms in total. The van der Waals surface area contributed by atoms with Crippen LogP contribution in [0, 0.1) is 0 Å². The number of halogens is 1. The Balaban J connectivity index is 1.50. The fourth-order valence-corrected chi connectivity index (χ4v) is 3.01. The van der Waals surface area contributed by atoms with Gasteiger partial charge in [0.1, 0.15) is 11.9 Å². The van der Waals surface area contributed by atoms with Gasteiger partial charge in [-0.2, -0.15) is 0 Å². The largest absolute Gasteiger partial charge is 0.489 e. The third-order valence-electron chi connectivity index (χ3n) is 3.46. The van der Waals surface area contributed by atoms with Crippen LogP contribution in [-0.4, -0.2) is 33.7 Å². The standard InChI is InChI=1S/C14H16ClN3OS/c15-13-3-1-2-4-14(13)19-12-5-7-18(8-6-12)9-11-10-20-17-16-11/h1-4,10,12H,5-9H2. The summed E-state index contributed by atoms with van der Waals surface area (Å²) in [6.07, 6.45) is 2.28. The van der Waals surface area contributed by atoms with E-state index in [1.165, 1.54) is 11.5 Å². The first-order chi connectivity index (χ1) is 9.81. The predicted molar refractivity (Wildman–Crippen MR) is 80.3 cm³/mol. The van der Waals surface area contributed by atoms with Gasteiger partial charge in [-0.05, 0) is 36.5 Å². The molecular weight excluding hydrogens is 294 g/mol. The third kappa shape index (κ3) is 3.48. The van der Waals surface area contributed by atoms with Crippen LogP contribution in [0.25, 0.3) is 0 Å². The summed E-state index contributed by atoms with van der Waals surface area (Å²) in [5.74, 6) is 0.788. The number of ether oxygens (including phenoxy) is 1. The highest BCUT2D eigenvalue weighted by atomic mass is 35.5. The summed E-state index contributed by atoms with van der Waals surface area (Å²) in [6, 6.07) is 7.65. The van der Waals surface area contributed by atoms with Crippen LogP contribution in [0.4, 0.5) is 0 Å². The van der Waals surface area contributed by atoms with E-state index in [2.05, 4.69) is 14.5 Å². The lowest BCUT2D eigenvalue weighted by atomic mass is 10.1. The molecule has 0 atom stereocenters. The lowest BCUT2D eigenvalue weighted by Crippen LogP contribution is -2.37. The number of benzene rings is 1. The molecule has 0 N–H and O–H groups in total. The van der Waals surface area contributed by atoms with Crippen molar-refractivity contribution < 1.29 is 4.74 Å². The topological polar surface area (TPSA) is 38.2 Å². The number of aromatic nitrogens is 2. The van der Waals surface area contributed by atoms with Gasteiger partial charge in [0.25, 0.3) is 0 Å². The zero-order valence-corrected chi connectivity index (χ0v) is 12.6. The zero-order valence-electron chi connectivity index (χ0n) is 11.0. The molecular formula is C14H16ClN3OS. The van der Waals surface area contributed by atoms with E-state index >= 15 is 0 Å². The van der Waals surface area contributed by atoms with Gasteiger partial charge in [-0.1, -0.05) is 28.2 Å². The summed E-state index contributed by atoms with van der Waals surface area (Å²) in [5.41, 5.74) is 1.06. The fourth-order valence-electron chi connectivity index (χ4n) is 2.39. The molecule has 0 unspecified atom stereocenters. The highest BCUT2D eigenvalue weighted by Crippen LogP contribution is 2.26. The average Bonchev–Trinajstić information content (AvgIpc) is 2.96. The number of rotatable bonds is 4. The van der Waals surface area contributed by atoms with Crippen molar-refractivity contribution in [1.82, 2.24) is 14.5 Å². The SMILES string of the molecule is Clc1ccccc1OC1CCN(Cc2csnn2)CC1. The lowest BCUT2D eigenvalue weighted by Gasteiger charge is -2.31. The molecule has 1 saturated heterocycles. The van der Waals surface area contributed by atoms with E-state index in [9.17, 15) is 0 Å². The number of nitrogens with zero attached hydrogens (tertiary/aromatic N) is 3. The molecule has 6 heteroatoms. The zero-order chi connectivity index (χ0) is 13.8. The van der Waals surface area contributed by atoms with Crippen LogP contribution in [0.2, 0.25) is 5.02 Å². The van der Waals surface area contributed by atoms with Gasteiger partial charge < -0.3 is 4.74 Å². The van der Waals surface area contributed by atoms with E-state index in [4.69, 9.17) is 16.3 Å². The van der Waals surface area contributed by atoms with Crippen LogP contribution in [0.3, 0.4) is 0 Å². The van der Waals surface area contributed by atoms with Gasteiger partial charge in [0, 0.05) is 25.0 Å². The monoisotopic (exact) mass is 309 g/mol. The Hall–Kier alpha value is -1.17.